The van der Waals surface area contributed by atoms with Crippen LogP contribution in [-0.2, 0) is 0 Å². The molecule has 1 aromatic carbocycles. The quantitative estimate of drug-likeness (QED) is 0.788. The summed E-state index contributed by atoms with van der Waals surface area (Å²) >= 11 is 6.05. The van der Waals surface area contributed by atoms with Gasteiger partial charge in [0, 0.05) is 17.1 Å². The highest BCUT2D eigenvalue weighted by Gasteiger charge is 2.66. The van der Waals surface area contributed by atoms with E-state index in [2.05, 4.69) is 14.8 Å². The number of ether oxygens (including phenoxy) is 2. The number of nitrogens with one attached hydrogen (secondary N) is 1. The summed E-state index contributed by atoms with van der Waals surface area (Å²) in [6.45, 7) is 0.781. The summed E-state index contributed by atoms with van der Waals surface area (Å²) in [5.41, 5.74) is 0.541. The van der Waals surface area contributed by atoms with Gasteiger partial charge < -0.3 is 14.8 Å². The van der Waals surface area contributed by atoms with Gasteiger partial charge in [-0.2, -0.15) is 17.6 Å². The molecule has 3 rings (SSSR count). The molecule has 1 aromatic rings. The molecule has 0 spiro atoms. The smallest absolute Gasteiger partial charge is 0.421 e. The summed E-state index contributed by atoms with van der Waals surface area (Å²) < 4.78 is 60.7. The van der Waals surface area contributed by atoms with Gasteiger partial charge >= 0.3 is 12.2 Å². The summed E-state index contributed by atoms with van der Waals surface area (Å²) in [6.07, 6.45) is -6.68. The third-order valence-electron chi connectivity index (χ3n) is 3.56. The van der Waals surface area contributed by atoms with Crippen LogP contribution in [0.5, 0.6) is 11.5 Å². The number of piperidine rings is 1. The summed E-state index contributed by atoms with van der Waals surface area (Å²) in [5.74, 6) is -0.923. The molecule has 1 unspecified atom stereocenters. The molecule has 21 heavy (non-hydrogen) atoms. The van der Waals surface area contributed by atoms with Crippen molar-refractivity contribution in [2.24, 2.45) is 0 Å². The molecule has 2 aliphatic rings. The molecule has 0 aliphatic carbocycles. The lowest BCUT2D eigenvalue weighted by molar-refractivity contribution is -0.391. The predicted octanol–water partition coefficient (Wildman–Crippen LogP) is 4.11. The van der Waals surface area contributed by atoms with E-state index < -0.39 is 23.7 Å². The summed E-state index contributed by atoms with van der Waals surface area (Å²) in [5, 5.41) is 3.38. The van der Waals surface area contributed by atoms with Crippen LogP contribution in [0, 0.1) is 0 Å². The lowest BCUT2D eigenvalue weighted by atomic mass is 9.97. The second-order valence-electron chi connectivity index (χ2n) is 5.06. The molecule has 1 fully saturated rings. The molecule has 8 heteroatoms. The lowest BCUT2D eigenvalue weighted by Gasteiger charge is -2.33. The van der Waals surface area contributed by atoms with Crippen molar-refractivity contribution < 1.29 is 27.0 Å². The number of hydrogen-bond donors (Lipinski definition) is 1. The van der Waals surface area contributed by atoms with Gasteiger partial charge in [-0.05, 0) is 31.0 Å². The van der Waals surface area contributed by atoms with Crippen molar-refractivity contribution in [3.8, 4) is 11.5 Å². The first-order valence-electron chi connectivity index (χ1n) is 6.51. The Labute approximate surface area is 123 Å². The van der Waals surface area contributed by atoms with Crippen molar-refractivity contribution in [1.29, 1.82) is 0 Å². The van der Waals surface area contributed by atoms with E-state index in [4.69, 9.17) is 11.6 Å². The van der Waals surface area contributed by atoms with Crippen LogP contribution >= 0.6 is 11.6 Å². The fraction of sp³-hybridized carbons (Fsp3) is 0.538. The van der Waals surface area contributed by atoms with Gasteiger partial charge in [-0.25, -0.2) is 0 Å². The highest BCUT2D eigenvalue weighted by molar-refractivity contribution is 6.31. The van der Waals surface area contributed by atoms with Gasteiger partial charge in [0.15, 0.2) is 11.5 Å². The van der Waals surface area contributed by atoms with Crippen LogP contribution in [0.4, 0.5) is 17.6 Å². The molecular weight excluding hydrogens is 314 g/mol. The molecule has 116 valence electrons. The topological polar surface area (TPSA) is 30.5 Å². The lowest BCUT2D eigenvalue weighted by Crippen LogP contribution is -2.52. The van der Waals surface area contributed by atoms with Crippen molar-refractivity contribution in [1.82, 2.24) is 5.32 Å². The molecule has 2 heterocycles. The molecular formula is C13H12ClF4NO2. The molecule has 0 aromatic heterocycles. The van der Waals surface area contributed by atoms with Crippen molar-refractivity contribution >= 4 is 11.6 Å². The normalized spacial score (nSPS) is 26.4. The number of rotatable bonds is 1. The first kappa shape index (κ1) is 14.7. The molecule has 0 saturated carbocycles. The summed E-state index contributed by atoms with van der Waals surface area (Å²) in [7, 11) is 0. The van der Waals surface area contributed by atoms with E-state index in [9.17, 15) is 17.6 Å². The van der Waals surface area contributed by atoms with E-state index in [1.165, 1.54) is 6.07 Å². The number of hydrogen-bond acceptors (Lipinski definition) is 3. The molecule has 2 aliphatic heterocycles. The zero-order valence-corrected chi connectivity index (χ0v) is 11.5. The predicted molar refractivity (Wildman–Crippen MR) is 67.2 cm³/mol. The van der Waals surface area contributed by atoms with E-state index in [0.29, 0.717) is 5.56 Å². The standard InChI is InChI=1S/C13H12ClF4NO2/c14-8-6-11-10(20-12(15,16)13(17,18)21-11)5-7(8)9-3-1-2-4-19-9/h5-6,9,19H,1-4H2. The van der Waals surface area contributed by atoms with Gasteiger partial charge in [0.25, 0.3) is 0 Å². The largest absolute Gasteiger partial charge is 0.507 e. The molecule has 0 amide bonds. The average molecular weight is 326 g/mol. The van der Waals surface area contributed by atoms with Crippen LogP contribution < -0.4 is 14.8 Å². The fourth-order valence-electron chi connectivity index (χ4n) is 2.49. The van der Waals surface area contributed by atoms with Crippen LogP contribution in [0.25, 0.3) is 0 Å². The first-order chi connectivity index (χ1) is 9.80. The maximum Gasteiger partial charge on any atom is 0.507 e. The van der Waals surface area contributed by atoms with E-state index in [1.807, 2.05) is 0 Å². The van der Waals surface area contributed by atoms with Gasteiger partial charge in [0.1, 0.15) is 0 Å². The van der Waals surface area contributed by atoms with E-state index in [-0.39, 0.29) is 11.1 Å². The Morgan fingerprint density at radius 1 is 1.05 bits per heavy atom. The molecule has 3 nitrogen and oxygen atoms in total. The molecule has 1 atom stereocenters. The number of alkyl halides is 4. The van der Waals surface area contributed by atoms with Gasteiger partial charge in [-0.15, -0.1) is 0 Å². The maximum absolute atomic E-state index is 13.2. The Bertz CT molecular complexity index is 561. The maximum atomic E-state index is 13.2. The SMILES string of the molecule is FC1(F)Oc2cc(Cl)c(C3CCCCN3)cc2OC1(F)F. The average Bonchev–Trinajstić information content (AvgIpc) is 2.41. The van der Waals surface area contributed by atoms with Crippen LogP contribution in [0.1, 0.15) is 30.9 Å². The Balaban J connectivity index is 1.97. The number of fused-ring (bicyclic) bond motifs is 1. The zero-order chi connectivity index (χ0) is 15.3. The fourth-order valence-corrected chi connectivity index (χ4v) is 2.78. The van der Waals surface area contributed by atoms with Gasteiger partial charge in [0.05, 0.1) is 0 Å². The molecule has 0 bridgehead atoms. The van der Waals surface area contributed by atoms with E-state index in [0.717, 1.165) is 31.9 Å². The van der Waals surface area contributed by atoms with Gasteiger partial charge in [-0.3, -0.25) is 0 Å². The highest BCUT2D eigenvalue weighted by atomic mass is 35.5. The minimum Gasteiger partial charge on any atom is -0.421 e. The Morgan fingerprint density at radius 2 is 1.67 bits per heavy atom. The Kier molecular flexibility index (Phi) is 3.44. The minimum atomic E-state index is -4.73. The molecule has 1 N–H and O–H groups in total. The third-order valence-corrected chi connectivity index (χ3v) is 3.89. The first-order valence-corrected chi connectivity index (χ1v) is 6.88. The summed E-state index contributed by atoms with van der Waals surface area (Å²) in [4.78, 5) is 0. The van der Waals surface area contributed by atoms with Gasteiger partial charge in [0.2, 0.25) is 0 Å². The second-order valence-corrected chi connectivity index (χ2v) is 5.47. The second kappa shape index (κ2) is 4.91. The van der Waals surface area contributed by atoms with Crippen LogP contribution in [0.15, 0.2) is 12.1 Å². The Hall–Kier alpha value is -1.21. The number of benzene rings is 1. The van der Waals surface area contributed by atoms with Crippen LogP contribution in [0.3, 0.4) is 0 Å². The minimum absolute atomic E-state index is 0.115. The monoisotopic (exact) mass is 325 g/mol. The van der Waals surface area contributed by atoms with E-state index >= 15 is 0 Å². The number of halogens is 5. The van der Waals surface area contributed by atoms with E-state index in [1.54, 1.807) is 0 Å². The Morgan fingerprint density at radius 3 is 2.24 bits per heavy atom. The molecule has 0 radical (unpaired) electrons. The highest BCUT2D eigenvalue weighted by Crippen LogP contribution is 2.49. The van der Waals surface area contributed by atoms with Crippen molar-refractivity contribution in [3.05, 3.63) is 22.7 Å². The van der Waals surface area contributed by atoms with Crippen molar-refractivity contribution in [2.75, 3.05) is 6.54 Å². The molecule has 1 saturated heterocycles. The van der Waals surface area contributed by atoms with Crippen LogP contribution in [-0.4, -0.2) is 18.8 Å². The third kappa shape index (κ3) is 2.53. The van der Waals surface area contributed by atoms with Crippen molar-refractivity contribution in [2.45, 2.75) is 37.5 Å². The van der Waals surface area contributed by atoms with Crippen molar-refractivity contribution in [3.63, 3.8) is 0 Å². The zero-order valence-electron chi connectivity index (χ0n) is 10.8. The summed E-state index contributed by atoms with van der Waals surface area (Å²) in [6, 6.07) is 2.21. The van der Waals surface area contributed by atoms with Gasteiger partial charge in [-0.1, -0.05) is 18.0 Å². The van der Waals surface area contributed by atoms with Crippen LogP contribution in [0.2, 0.25) is 5.02 Å².